The van der Waals surface area contributed by atoms with E-state index in [9.17, 15) is 20.1 Å². The Labute approximate surface area is 186 Å². The second-order valence-electron chi connectivity index (χ2n) is 8.16. The van der Waals surface area contributed by atoms with Gasteiger partial charge in [-0.05, 0) is 38.5 Å². The lowest BCUT2D eigenvalue weighted by Crippen LogP contribution is -2.59. The third kappa shape index (κ3) is 11.8. The van der Waals surface area contributed by atoms with Gasteiger partial charge in [-0.3, -0.25) is 4.79 Å². The van der Waals surface area contributed by atoms with Crippen LogP contribution in [-0.4, -0.2) is 63.7 Å². The Morgan fingerprint density at radius 1 is 0.871 bits per heavy atom. The molecule has 180 valence electrons. The average molecular weight is 443 g/mol. The number of aliphatic hydroxyl groups is 4. The fourth-order valence-corrected chi connectivity index (χ4v) is 3.50. The van der Waals surface area contributed by atoms with Crippen molar-refractivity contribution in [2.45, 2.75) is 115 Å². The maximum Gasteiger partial charge on any atom is 0.306 e. The van der Waals surface area contributed by atoms with E-state index >= 15 is 0 Å². The van der Waals surface area contributed by atoms with Crippen molar-refractivity contribution in [2.24, 2.45) is 0 Å². The largest absolute Gasteiger partial charge is 0.456 e. The van der Waals surface area contributed by atoms with Crippen molar-refractivity contribution >= 4 is 5.97 Å². The maximum atomic E-state index is 12.0. The molecule has 0 amide bonds. The Balaban J connectivity index is 2.05. The lowest BCUT2D eigenvalue weighted by molar-refractivity contribution is -0.289. The van der Waals surface area contributed by atoms with Crippen LogP contribution >= 0.6 is 0 Å². The number of rotatable bonds is 16. The van der Waals surface area contributed by atoms with Gasteiger partial charge in [-0.2, -0.15) is 0 Å². The number of esters is 1. The first-order valence-electron chi connectivity index (χ1n) is 11.8. The van der Waals surface area contributed by atoms with E-state index in [1.165, 1.54) is 25.7 Å². The van der Waals surface area contributed by atoms with Crippen LogP contribution in [0.15, 0.2) is 24.3 Å². The molecule has 5 atom stereocenters. The summed E-state index contributed by atoms with van der Waals surface area (Å²) in [5, 5.41) is 38.6. The van der Waals surface area contributed by atoms with Crippen LogP contribution in [0.5, 0.6) is 0 Å². The van der Waals surface area contributed by atoms with Gasteiger partial charge < -0.3 is 29.9 Å². The molecule has 0 radical (unpaired) electrons. The molecule has 0 aromatic carbocycles. The topological polar surface area (TPSA) is 116 Å². The van der Waals surface area contributed by atoms with Gasteiger partial charge in [0.2, 0.25) is 0 Å². The summed E-state index contributed by atoms with van der Waals surface area (Å²) >= 11 is 0. The van der Waals surface area contributed by atoms with Crippen molar-refractivity contribution in [3.63, 3.8) is 0 Å². The highest BCUT2D eigenvalue weighted by atomic mass is 16.7. The molecule has 4 unspecified atom stereocenters. The van der Waals surface area contributed by atoms with Gasteiger partial charge in [-0.25, -0.2) is 0 Å². The van der Waals surface area contributed by atoms with Gasteiger partial charge in [0.1, 0.15) is 18.3 Å². The number of carbonyl (C=O) groups excluding carboxylic acids is 1. The molecule has 1 aliphatic rings. The molecule has 0 saturated carbocycles. The predicted octanol–water partition coefficient (Wildman–Crippen LogP) is 3.14. The van der Waals surface area contributed by atoms with Gasteiger partial charge in [0.15, 0.2) is 12.4 Å². The molecule has 0 aromatic heterocycles. The number of allylic oxidation sites excluding steroid dienone is 4. The Morgan fingerprint density at radius 3 is 2.13 bits per heavy atom. The number of hydrogen-bond acceptors (Lipinski definition) is 7. The van der Waals surface area contributed by atoms with Crippen LogP contribution in [0.3, 0.4) is 0 Å². The average Bonchev–Trinajstić information content (AvgIpc) is 2.76. The summed E-state index contributed by atoms with van der Waals surface area (Å²) in [6.45, 7) is 1.66. The van der Waals surface area contributed by atoms with Crippen molar-refractivity contribution in [2.75, 3.05) is 6.61 Å². The van der Waals surface area contributed by atoms with Gasteiger partial charge in [0.05, 0.1) is 6.61 Å². The number of aliphatic hydroxyl groups excluding tert-OH is 4. The Kier molecular flexibility index (Phi) is 15.5. The standard InChI is InChI=1S/C24H42O7/c1-2-3-4-5-6-7-8-9-10-11-12-13-14-15-16-17-20(26)31-23-21(27)19(18-25)30-24(29)22(23)28/h6-7,9-10,19,21-25,27-29H,2-5,8,11-18H2,1H3/b7-6-,10-9-/t19?,21?,22-,23?,24?/m0/s1. The van der Waals surface area contributed by atoms with Crippen LogP contribution in [0.2, 0.25) is 0 Å². The van der Waals surface area contributed by atoms with E-state index in [0.29, 0.717) is 6.42 Å². The molecule has 1 rings (SSSR count). The molecule has 0 aliphatic carbocycles. The quantitative estimate of drug-likeness (QED) is 0.165. The van der Waals surface area contributed by atoms with E-state index in [-0.39, 0.29) is 6.42 Å². The van der Waals surface area contributed by atoms with Gasteiger partial charge in [0, 0.05) is 6.42 Å². The van der Waals surface area contributed by atoms with E-state index in [1.54, 1.807) is 0 Å². The zero-order valence-corrected chi connectivity index (χ0v) is 18.9. The van der Waals surface area contributed by atoms with Crippen molar-refractivity contribution in [3.05, 3.63) is 24.3 Å². The third-order valence-corrected chi connectivity index (χ3v) is 5.44. The number of hydrogen-bond donors (Lipinski definition) is 4. The molecule has 4 N–H and O–H groups in total. The van der Waals surface area contributed by atoms with Crippen LogP contribution in [0.25, 0.3) is 0 Å². The van der Waals surface area contributed by atoms with E-state index in [4.69, 9.17) is 14.6 Å². The molecule has 0 aromatic rings. The van der Waals surface area contributed by atoms with Crippen LogP contribution in [0.4, 0.5) is 0 Å². The van der Waals surface area contributed by atoms with E-state index in [1.807, 2.05) is 0 Å². The molecule has 0 bridgehead atoms. The Hall–Kier alpha value is -1.25. The van der Waals surface area contributed by atoms with Gasteiger partial charge in [-0.1, -0.05) is 63.3 Å². The Morgan fingerprint density at radius 2 is 1.48 bits per heavy atom. The van der Waals surface area contributed by atoms with Gasteiger partial charge >= 0.3 is 5.97 Å². The highest BCUT2D eigenvalue weighted by molar-refractivity contribution is 5.69. The summed E-state index contributed by atoms with van der Waals surface area (Å²) in [5.41, 5.74) is 0. The highest BCUT2D eigenvalue weighted by Gasteiger charge is 2.45. The van der Waals surface area contributed by atoms with Crippen molar-refractivity contribution in [1.29, 1.82) is 0 Å². The van der Waals surface area contributed by atoms with Crippen molar-refractivity contribution in [3.8, 4) is 0 Å². The molecule has 1 aliphatic heterocycles. The zero-order valence-electron chi connectivity index (χ0n) is 18.9. The van der Waals surface area contributed by atoms with E-state index < -0.39 is 43.3 Å². The second kappa shape index (κ2) is 17.3. The summed E-state index contributed by atoms with van der Waals surface area (Å²) in [6.07, 6.45) is 14.1. The third-order valence-electron chi connectivity index (χ3n) is 5.44. The van der Waals surface area contributed by atoms with Crippen molar-refractivity contribution in [1.82, 2.24) is 0 Å². The SMILES string of the molecule is CCCCC/C=C\C/C=C\CCCCCCCC(=O)OC1C(O)C(CO)OC(O)[C@H]1O. The predicted molar refractivity (Wildman–Crippen MR) is 119 cm³/mol. The minimum atomic E-state index is -1.62. The first-order valence-corrected chi connectivity index (χ1v) is 11.8. The van der Waals surface area contributed by atoms with Crippen LogP contribution in [-0.2, 0) is 14.3 Å². The zero-order chi connectivity index (χ0) is 22.9. The normalized spacial score (nSPS) is 26.7. The fourth-order valence-electron chi connectivity index (χ4n) is 3.50. The summed E-state index contributed by atoms with van der Waals surface area (Å²) in [6, 6.07) is 0. The van der Waals surface area contributed by atoms with E-state index in [2.05, 4.69) is 31.2 Å². The number of ether oxygens (including phenoxy) is 2. The second-order valence-corrected chi connectivity index (χ2v) is 8.16. The number of unbranched alkanes of at least 4 members (excludes halogenated alkanes) is 8. The highest BCUT2D eigenvalue weighted by Crippen LogP contribution is 2.23. The minimum Gasteiger partial charge on any atom is -0.456 e. The van der Waals surface area contributed by atoms with Crippen LogP contribution in [0.1, 0.15) is 84.0 Å². The van der Waals surface area contributed by atoms with Crippen LogP contribution < -0.4 is 0 Å². The fraction of sp³-hybridized carbons (Fsp3) is 0.792. The first-order chi connectivity index (χ1) is 15.0. The van der Waals surface area contributed by atoms with Gasteiger partial charge in [-0.15, -0.1) is 0 Å². The lowest BCUT2D eigenvalue weighted by Gasteiger charge is -2.39. The lowest BCUT2D eigenvalue weighted by atomic mass is 9.99. The monoisotopic (exact) mass is 442 g/mol. The molecule has 1 saturated heterocycles. The van der Waals surface area contributed by atoms with Gasteiger partial charge in [0.25, 0.3) is 0 Å². The molecule has 0 spiro atoms. The molecular weight excluding hydrogens is 400 g/mol. The molecular formula is C24H42O7. The molecule has 1 fully saturated rings. The summed E-state index contributed by atoms with van der Waals surface area (Å²) in [4.78, 5) is 12.0. The van der Waals surface area contributed by atoms with E-state index in [0.717, 1.165) is 38.5 Å². The van der Waals surface area contributed by atoms with Crippen molar-refractivity contribution < 1.29 is 34.7 Å². The smallest absolute Gasteiger partial charge is 0.306 e. The molecule has 7 nitrogen and oxygen atoms in total. The number of carbonyl (C=O) groups is 1. The maximum absolute atomic E-state index is 12.0. The summed E-state index contributed by atoms with van der Waals surface area (Å²) in [5.74, 6) is -0.542. The summed E-state index contributed by atoms with van der Waals surface area (Å²) < 4.78 is 10.0. The Bertz CT molecular complexity index is 520. The molecule has 31 heavy (non-hydrogen) atoms. The summed E-state index contributed by atoms with van der Waals surface area (Å²) in [7, 11) is 0. The molecule has 1 heterocycles. The minimum absolute atomic E-state index is 0.182. The first kappa shape index (κ1) is 27.8. The molecule has 7 heteroatoms. The van der Waals surface area contributed by atoms with Crippen LogP contribution in [0, 0.1) is 0 Å².